The monoisotopic (exact) mass is 148 g/mol. The summed E-state index contributed by atoms with van der Waals surface area (Å²) < 4.78 is 5.29. The van der Waals surface area contributed by atoms with Crippen molar-refractivity contribution >= 4 is 8.05 Å². The molecule has 0 amide bonds. The predicted octanol–water partition coefficient (Wildman–Crippen LogP) is 1.70. The minimum atomic E-state index is 0.260. The molecule has 11 heavy (non-hydrogen) atoms. The Morgan fingerprint density at radius 3 is 2.45 bits per heavy atom. The summed E-state index contributed by atoms with van der Waals surface area (Å²) in [6.45, 7) is 2.13. The van der Waals surface area contributed by atoms with E-state index in [1.54, 1.807) is 8.05 Å². The quantitative estimate of drug-likeness (QED) is 0.592. The van der Waals surface area contributed by atoms with Crippen molar-refractivity contribution in [2.24, 2.45) is 0 Å². The molecule has 0 spiro atoms. The Labute approximate surface area is 68.8 Å². The van der Waals surface area contributed by atoms with Crippen LogP contribution < -0.4 is 0 Å². The molecule has 58 valence electrons. The molecule has 0 radical (unpaired) electrons. The minimum absolute atomic E-state index is 0.260. The highest BCUT2D eigenvalue weighted by Crippen LogP contribution is 2.18. The predicted molar refractivity (Wildman–Crippen MR) is 49.1 cm³/mol. The number of hydrogen-bond donors (Lipinski definition) is 0. The maximum Gasteiger partial charge on any atom is 0.258 e. The molecule has 0 saturated carbocycles. The summed E-state index contributed by atoms with van der Waals surface area (Å²) in [5, 5.41) is 0. The van der Waals surface area contributed by atoms with Gasteiger partial charge in [-0.2, -0.15) is 0 Å². The first-order chi connectivity index (χ1) is 5.38. The lowest BCUT2D eigenvalue weighted by Crippen LogP contribution is -1.99. The van der Waals surface area contributed by atoms with Crippen molar-refractivity contribution in [3.8, 4) is 0 Å². The van der Waals surface area contributed by atoms with Gasteiger partial charge < -0.3 is 4.65 Å². The van der Waals surface area contributed by atoms with E-state index < -0.39 is 0 Å². The van der Waals surface area contributed by atoms with Gasteiger partial charge in [0.15, 0.2) is 0 Å². The Morgan fingerprint density at radius 2 is 2.00 bits per heavy atom. The minimum Gasteiger partial charge on any atom is -0.437 e. The Bertz CT molecular complexity index is 194. The lowest BCUT2D eigenvalue weighted by molar-refractivity contribution is 0.222. The molecular weight excluding hydrogens is 135 g/mol. The van der Waals surface area contributed by atoms with Crippen molar-refractivity contribution in [1.82, 2.24) is 0 Å². The zero-order valence-corrected chi connectivity index (χ0v) is 7.08. The van der Waals surface area contributed by atoms with Crippen LogP contribution in [0.3, 0.4) is 0 Å². The molecule has 1 atom stereocenters. The molecule has 1 aromatic carbocycles. The second kappa shape index (κ2) is 4.19. The largest absolute Gasteiger partial charge is 0.437 e. The van der Waals surface area contributed by atoms with Gasteiger partial charge in [-0.1, -0.05) is 37.3 Å². The standard InChI is InChI=1S/C9H13BO/c1-2-9(11-10)8-6-4-3-5-7-8/h3-7,9H,2,10H2,1H3. The zero-order valence-electron chi connectivity index (χ0n) is 7.08. The molecule has 1 unspecified atom stereocenters. The van der Waals surface area contributed by atoms with Gasteiger partial charge in [0.05, 0.1) is 6.10 Å². The van der Waals surface area contributed by atoms with Gasteiger partial charge in [0.1, 0.15) is 0 Å². The molecule has 0 saturated heterocycles. The molecule has 0 aliphatic heterocycles. The molecule has 2 heteroatoms. The Morgan fingerprint density at radius 1 is 1.36 bits per heavy atom. The van der Waals surface area contributed by atoms with Crippen LogP contribution in [0.4, 0.5) is 0 Å². The third kappa shape index (κ3) is 2.09. The van der Waals surface area contributed by atoms with Crippen molar-refractivity contribution in [2.75, 3.05) is 0 Å². The van der Waals surface area contributed by atoms with E-state index in [0.29, 0.717) is 0 Å². The van der Waals surface area contributed by atoms with Crippen LogP contribution >= 0.6 is 0 Å². The molecule has 1 nitrogen and oxygen atoms in total. The zero-order chi connectivity index (χ0) is 8.10. The average molecular weight is 148 g/mol. The van der Waals surface area contributed by atoms with E-state index in [-0.39, 0.29) is 6.10 Å². The summed E-state index contributed by atoms with van der Waals surface area (Å²) in [6.07, 6.45) is 1.29. The molecule has 0 bridgehead atoms. The lowest BCUT2D eigenvalue weighted by atomic mass is 10.1. The van der Waals surface area contributed by atoms with Crippen LogP contribution in [0.5, 0.6) is 0 Å². The molecular formula is C9H13BO. The molecule has 0 heterocycles. The number of rotatable bonds is 3. The van der Waals surface area contributed by atoms with Crippen molar-refractivity contribution < 1.29 is 4.65 Å². The van der Waals surface area contributed by atoms with Gasteiger partial charge in [-0.05, 0) is 12.0 Å². The van der Waals surface area contributed by atoms with Crippen molar-refractivity contribution in [3.63, 3.8) is 0 Å². The van der Waals surface area contributed by atoms with Gasteiger partial charge >= 0.3 is 0 Å². The van der Waals surface area contributed by atoms with E-state index in [2.05, 4.69) is 19.1 Å². The summed E-state index contributed by atoms with van der Waals surface area (Å²) in [5.74, 6) is 0. The van der Waals surface area contributed by atoms with Crippen LogP contribution in [-0.4, -0.2) is 8.05 Å². The van der Waals surface area contributed by atoms with Gasteiger partial charge in [0, 0.05) is 0 Å². The number of benzene rings is 1. The maximum atomic E-state index is 5.29. The first-order valence-corrected chi connectivity index (χ1v) is 3.96. The van der Waals surface area contributed by atoms with Crippen LogP contribution in [0, 0.1) is 0 Å². The summed E-state index contributed by atoms with van der Waals surface area (Å²) >= 11 is 0. The van der Waals surface area contributed by atoms with Crippen LogP contribution in [0.1, 0.15) is 25.0 Å². The normalized spacial score (nSPS) is 12.8. The van der Waals surface area contributed by atoms with E-state index in [1.807, 2.05) is 18.2 Å². The van der Waals surface area contributed by atoms with Crippen molar-refractivity contribution in [3.05, 3.63) is 35.9 Å². The highest BCUT2D eigenvalue weighted by molar-refractivity contribution is 5.98. The fourth-order valence-electron chi connectivity index (χ4n) is 1.21. The molecule has 0 aliphatic carbocycles. The van der Waals surface area contributed by atoms with E-state index in [1.165, 1.54) is 5.56 Å². The summed E-state index contributed by atoms with van der Waals surface area (Å²) in [4.78, 5) is 0. The van der Waals surface area contributed by atoms with Crippen molar-refractivity contribution in [1.29, 1.82) is 0 Å². The maximum absolute atomic E-state index is 5.29. The van der Waals surface area contributed by atoms with Gasteiger partial charge in [-0.3, -0.25) is 0 Å². The van der Waals surface area contributed by atoms with Crippen molar-refractivity contribution in [2.45, 2.75) is 19.4 Å². The van der Waals surface area contributed by atoms with E-state index in [9.17, 15) is 0 Å². The Kier molecular flexibility index (Phi) is 3.18. The van der Waals surface area contributed by atoms with E-state index in [0.717, 1.165) is 6.42 Å². The first-order valence-electron chi connectivity index (χ1n) is 3.96. The molecule has 0 aromatic heterocycles. The summed E-state index contributed by atoms with van der Waals surface area (Å²) in [7, 11) is 1.75. The molecule has 1 rings (SSSR count). The first kappa shape index (κ1) is 8.34. The van der Waals surface area contributed by atoms with Gasteiger partial charge in [0.25, 0.3) is 8.05 Å². The highest BCUT2D eigenvalue weighted by Gasteiger charge is 2.04. The van der Waals surface area contributed by atoms with Crippen LogP contribution in [-0.2, 0) is 4.65 Å². The molecule has 0 N–H and O–H groups in total. The molecule has 0 fully saturated rings. The highest BCUT2D eigenvalue weighted by atomic mass is 16.4. The molecule has 1 aromatic rings. The van der Waals surface area contributed by atoms with E-state index >= 15 is 0 Å². The van der Waals surface area contributed by atoms with Gasteiger partial charge in [0.2, 0.25) is 0 Å². The fourth-order valence-corrected chi connectivity index (χ4v) is 1.21. The third-order valence-electron chi connectivity index (χ3n) is 1.83. The Hall–Kier alpha value is -0.755. The van der Waals surface area contributed by atoms with Crippen LogP contribution in [0.15, 0.2) is 30.3 Å². The van der Waals surface area contributed by atoms with Crippen LogP contribution in [0.2, 0.25) is 0 Å². The second-order valence-corrected chi connectivity index (χ2v) is 2.54. The third-order valence-corrected chi connectivity index (χ3v) is 1.83. The SMILES string of the molecule is BOC(CC)c1ccccc1. The lowest BCUT2D eigenvalue weighted by Gasteiger charge is -2.13. The smallest absolute Gasteiger partial charge is 0.258 e. The topological polar surface area (TPSA) is 9.23 Å². The van der Waals surface area contributed by atoms with Crippen LogP contribution in [0.25, 0.3) is 0 Å². The fraction of sp³-hybridized carbons (Fsp3) is 0.333. The van der Waals surface area contributed by atoms with Gasteiger partial charge in [-0.25, -0.2) is 0 Å². The second-order valence-electron chi connectivity index (χ2n) is 2.54. The summed E-state index contributed by atoms with van der Waals surface area (Å²) in [6, 6.07) is 10.3. The van der Waals surface area contributed by atoms with Gasteiger partial charge in [-0.15, -0.1) is 0 Å². The average Bonchev–Trinajstić information content (AvgIpc) is 2.09. The summed E-state index contributed by atoms with van der Waals surface area (Å²) in [5.41, 5.74) is 1.26. The number of hydrogen-bond acceptors (Lipinski definition) is 1. The molecule has 0 aliphatic rings. The Balaban J connectivity index is 2.74. The van der Waals surface area contributed by atoms with E-state index in [4.69, 9.17) is 4.65 Å².